The smallest absolute Gasteiger partial charge is 0.261 e. The van der Waals surface area contributed by atoms with Crippen molar-refractivity contribution in [1.82, 2.24) is 4.90 Å². The van der Waals surface area contributed by atoms with Crippen LogP contribution in [0.4, 0.5) is 14.5 Å². The van der Waals surface area contributed by atoms with E-state index in [1.807, 2.05) is 24.3 Å². The van der Waals surface area contributed by atoms with Gasteiger partial charge in [-0.1, -0.05) is 42.5 Å². The standard InChI is InChI=1S/C26H22F2N2O2/c27-21-10-4-1-7-18(21)24(31)29-15-13-26(14-16-29)17-30(23-12-6-3-9-20(23)26)25(32)19-8-2-5-11-22(19)28/h1-12H,13-17H2. The van der Waals surface area contributed by atoms with Gasteiger partial charge in [-0.25, -0.2) is 8.78 Å². The van der Waals surface area contributed by atoms with Crippen LogP contribution in [0.3, 0.4) is 0 Å². The Morgan fingerprint density at radius 1 is 0.719 bits per heavy atom. The Labute approximate surface area is 185 Å². The molecule has 2 aliphatic heterocycles. The van der Waals surface area contributed by atoms with Crippen molar-refractivity contribution in [2.24, 2.45) is 0 Å². The Morgan fingerprint density at radius 2 is 1.25 bits per heavy atom. The monoisotopic (exact) mass is 432 g/mol. The number of hydrogen-bond acceptors (Lipinski definition) is 2. The molecule has 32 heavy (non-hydrogen) atoms. The van der Waals surface area contributed by atoms with Crippen LogP contribution in [-0.2, 0) is 5.41 Å². The Balaban J connectivity index is 1.41. The molecule has 0 unspecified atom stereocenters. The van der Waals surface area contributed by atoms with Crippen LogP contribution in [0.1, 0.15) is 39.1 Å². The summed E-state index contributed by atoms with van der Waals surface area (Å²) >= 11 is 0. The number of para-hydroxylation sites is 1. The number of likely N-dealkylation sites (tertiary alicyclic amines) is 1. The van der Waals surface area contributed by atoms with Gasteiger partial charge in [0.25, 0.3) is 11.8 Å². The first kappa shape index (κ1) is 20.4. The van der Waals surface area contributed by atoms with Gasteiger partial charge in [0.05, 0.1) is 11.1 Å². The van der Waals surface area contributed by atoms with Crippen molar-refractivity contribution in [1.29, 1.82) is 0 Å². The zero-order valence-electron chi connectivity index (χ0n) is 17.4. The molecular formula is C26H22F2N2O2. The highest BCUT2D eigenvalue weighted by Gasteiger charge is 2.47. The van der Waals surface area contributed by atoms with E-state index in [9.17, 15) is 18.4 Å². The molecule has 4 nitrogen and oxygen atoms in total. The van der Waals surface area contributed by atoms with E-state index in [4.69, 9.17) is 0 Å². The molecule has 2 aliphatic rings. The number of benzene rings is 3. The number of hydrogen-bond donors (Lipinski definition) is 0. The molecule has 5 rings (SSSR count). The van der Waals surface area contributed by atoms with Crippen molar-refractivity contribution in [3.05, 3.63) is 101 Å². The molecule has 0 aliphatic carbocycles. The predicted octanol–water partition coefficient (Wildman–Crippen LogP) is 4.80. The van der Waals surface area contributed by atoms with Crippen molar-refractivity contribution in [3.63, 3.8) is 0 Å². The second-order valence-corrected chi connectivity index (χ2v) is 8.44. The lowest BCUT2D eigenvalue weighted by Crippen LogP contribution is -2.48. The molecule has 3 aromatic carbocycles. The van der Waals surface area contributed by atoms with Crippen molar-refractivity contribution >= 4 is 17.5 Å². The highest BCUT2D eigenvalue weighted by atomic mass is 19.1. The third-order valence-electron chi connectivity index (χ3n) is 6.69. The van der Waals surface area contributed by atoms with Crippen molar-refractivity contribution in [2.75, 3.05) is 24.5 Å². The van der Waals surface area contributed by atoms with Crippen molar-refractivity contribution < 1.29 is 18.4 Å². The lowest BCUT2D eigenvalue weighted by atomic mass is 9.74. The first-order valence-electron chi connectivity index (χ1n) is 10.7. The van der Waals surface area contributed by atoms with Gasteiger partial charge in [-0.2, -0.15) is 0 Å². The number of rotatable bonds is 2. The molecule has 1 spiro atoms. The molecule has 0 atom stereocenters. The van der Waals surface area contributed by atoms with Gasteiger partial charge in [-0.15, -0.1) is 0 Å². The fourth-order valence-corrected chi connectivity index (χ4v) is 4.96. The topological polar surface area (TPSA) is 40.6 Å². The molecule has 1 saturated heterocycles. The number of carbonyl (C=O) groups excluding carboxylic acids is 2. The average Bonchev–Trinajstić information content (AvgIpc) is 3.13. The maximum atomic E-state index is 14.3. The highest BCUT2D eigenvalue weighted by Crippen LogP contribution is 2.47. The summed E-state index contributed by atoms with van der Waals surface area (Å²) in [6, 6.07) is 19.7. The van der Waals surface area contributed by atoms with Gasteiger partial charge in [0.2, 0.25) is 0 Å². The Morgan fingerprint density at radius 3 is 1.88 bits per heavy atom. The minimum atomic E-state index is -0.541. The molecule has 1 fully saturated rings. The van der Waals surface area contributed by atoms with E-state index in [1.54, 1.807) is 34.1 Å². The summed E-state index contributed by atoms with van der Waals surface area (Å²) < 4.78 is 28.4. The largest absolute Gasteiger partial charge is 0.338 e. The summed E-state index contributed by atoms with van der Waals surface area (Å²) in [6.45, 7) is 1.35. The lowest BCUT2D eigenvalue weighted by molar-refractivity contribution is 0.0666. The first-order valence-corrected chi connectivity index (χ1v) is 10.7. The summed E-state index contributed by atoms with van der Waals surface area (Å²) in [4.78, 5) is 29.4. The van der Waals surface area contributed by atoms with Crippen molar-refractivity contribution in [3.8, 4) is 0 Å². The van der Waals surface area contributed by atoms with Gasteiger partial charge in [0.1, 0.15) is 11.6 Å². The number of carbonyl (C=O) groups is 2. The molecule has 0 saturated carbocycles. The summed E-state index contributed by atoms with van der Waals surface area (Å²) in [6.07, 6.45) is 1.29. The third kappa shape index (κ3) is 3.27. The molecule has 6 heteroatoms. The highest BCUT2D eigenvalue weighted by molar-refractivity contribution is 6.08. The normalized spacial score (nSPS) is 16.8. The summed E-state index contributed by atoms with van der Waals surface area (Å²) in [5, 5.41) is 0. The van der Waals surface area contributed by atoms with Gasteiger partial charge in [0, 0.05) is 30.7 Å². The fraction of sp³-hybridized carbons (Fsp3) is 0.231. The van der Waals surface area contributed by atoms with E-state index in [0.717, 1.165) is 11.3 Å². The number of nitrogens with zero attached hydrogens (tertiary/aromatic N) is 2. The second-order valence-electron chi connectivity index (χ2n) is 8.44. The van der Waals surface area contributed by atoms with Crippen molar-refractivity contribution in [2.45, 2.75) is 18.3 Å². The van der Waals surface area contributed by atoms with Gasteiger partial charge >= 0.3 is 0 Å². The lowest BCUT2D eigenvalue weighted by Gasteiger charge is -2.40. The number of piperidine rings is 1. The van der Waals surface area contributed by atoms with Crippen LogP contribution in [-0.4, -0.2) is 36.3 Å². The van der Waals surface area contributed by atoms with Crippen LogP contribution in [0.15, 0.2) is 72.8 Å². The van der Waals surface area contributed by atoms with Gasteiger partial charge in [0.15, 0.2) is 0 Å². The Bertz CT molecular complexity index is 1200. The number of anilines is 1. The van der Waals surface area contributed by atoms with E-state index in [2.05, 4.69) is 0 Å². The maximum absolute atomic E-state index is 14.3. The zero-order chi connectivity index (χ0) is 22.3. The van der Waals surface area contributed by atoms with Gasteiger partial charge < -0.3 is 9.80 Å². The number of fused-ring (bicyclic) bond motifs is 2. The van der Waals surface area contributed by atoms with E-state index < -0.39 is 11.6 Å². The summed E-state index contributed by atoms with van der Waals surface area (Å²) in [5.41, 5.74) is 1.64. The van der Waals surface area contributed by atoms with Crippen LogP contribution in [0.5, 0.6) is 0 Å². The molecule has 0 N–H and O–H groups in total. The Kier molecular flexibility index (Phi) is 5.00. The minimum absolute atomic E-state index is 0.0477. The van der Waals surface area contributed by atoms with Crippen LogP contribution < -0.4 is 4.90 Å². The molecule has 2 heterocycles. The average molecular weight is 432 g/mol. The number of halogens is 2. The molecule has 3 aromatic rings. The second kappa shape index (κ2) is 7.86. The van der Waals surface area contributed by atoms with Gasteiger partial charge in [-0.3, -0.25) is 9.59 Å². The van der Waals surface area contributed by atoms with Crippen LogP contribution in [0, 0.1) is 11.6 Å². The van der Waals surface area contributed by atoms with Gasteiger partial charge in [-0.05, 0) is 48.7 Å². The van der Waals surface area contributed by atoms with E-state index in [0.29, 0.717) is 32.5 Å². The SMILES string of the molecule is O=C(c1ccccc1F)N1CCC2(CC1)CN(C(=O)c1ccccc1F)c1ccccc12. The van der Waals surface area contributed by atoms with Crippen LogP contribution >= 0.6 is 0 Å². The maximum Gasteiger partial charge on any atom is 0.261 e. The molecular weight excluding hydrogens is 410 g/mol. The first-order chi connectivity index (χ1) is 15.5. The quantitative estimate of drug-likeness (QED) is 0.584. The zero-order valence-corrected chi connectivity index (χ0v) is 17.4. The minimum Gasteiger partial charge on any atom is -0.338 e. The predicted molar refractivity (Wildman–Crippen MR) is 118 cm³/mol. The summed E-state index contributed by atoms with van der Waals surface area (Å²) in [7, 11) is 0. The third-order valence-corrected chi connectivity index (χ3v) is 6.69. The molecule has 0 aromatic heterocycles. The van der Waals surface area contributed by atoms with Crippen LogP contribution in [0.25, 0.3) is 0 Å². The van der Waals surface area contributed by atoms with E-state index >= 15 is 0 Å². The molecule has 162 valence electrons. The van der Waals surface area contributed by atoms with E-state index in [-0.39, 0.29) is 28.4 Å². The molecule has 0 bridgehead atoms. The molecule has 0 radical (unpaired) electrons. The fourth-order valence-electron chi connectivity index (χ4n) is 4.96. The Hall–Kier alpha value is -3.54. The molecule has 2 amide bonds. The van der Waals surface area contributed by atoms with E-state index in [1.165, 1.54) is 24.3 Å². The summed E-state index contributed by atoms with van der Waals surface area (Å²) in [5.74, 6) is -1.74. The van der Waals surface area contributed by atoms with Crippen LogP contribution in [0.2, 0.25) is 0 Å². The number of amides is 2.